The number of nitrogens with one attached hydrogen (secondary N) is 2. The minimum atomic E-state index is -3.70. The highest BCUT2D eigenvalue weighted by atomic mass is 79.9. The van der Waals surface area contributed by atoms with Gasteiger partial charge in [0.1, 0.15) is 0 Å². The molecular formula is C14H17BrN2O5S. The van der Waals surface area contributed by atoms with Gasteiger partial charge in [-0.15, -0.1) is 6.58 Å². The molecule has 1 amide bonds. The van der Waals surface area contributed by atoms with Gasteiger partial charge in [0.15, 0.2) is 6.10 Å². The van der Waals surface area contributed by atoms with E-state index >= 15 is 0 Å². The number of halogens is 1. The van der Waals surface area contributed by atoms with E-state index in [9.17, 15) is 18.0 Å². The van der Waals surface area contributed by atoms with E-state index in [1.165, 1.54) is 38.2 Å². The van der Waals surface area contributed by atoms with Crippen molar-refractivity contribution in [2.75, 3.05) is 13.6 Å². The topological polar surface area (TPSA) is 102 Å². The highest BCUT2D eigenvalue weighted by Gasteiger charge is 2.22. The lowest BCUT2D eigenvalue weighted by Crippen LogP contribution is -2.35. The lowest BCUT2D eigenvalue weighted by molar-refractivity contribution is -0.128. The highest BCUT2D eigenvalue weighted by molar-refractivity contribution is 9.10. The number of hydrogen-bond donors (Lipinski definition) is 2. The summed E-state index contributed by atoms with van der Waals surface area (Å²) in [4.78, 5) is 23.7. The molecule has 1 aromatic carbocycles. The zero-order chi connectivity index (χ0) is 17.6. The van der Waals surface area contributed by atoms with E-state index in [0.29, 0.717) is 4.47 Å². The van der Waals surface area contributed by atoms with Crippen LogP contribution in [0.2, 0.25) is 0 Å². The van der Waals surface area contributed by atoms with E-state index in [-0.39, 0.29) is 17.0 Å². The Labute approximate surface area is 143 Å². The van der Waals surface area contributed by atoms with Gasteiger partial charge in [-0.3, -0.25) is 4.79 Å². The van der Waals surface area contributed by atoms with Gasteiger partial charge in [0.25, 0.3) is 5.91 Å². The van der Waals surface area contributed by atoms with Crippen molar-refractivity contribution in [3.8, 4) is 0 Å². The first-order chi connectivity index (χ1) is 10.7. The second kappa shape index (κ2) is 8.23. The Morgan fingerprint density at radius 2 is 2.09 bits per heavy atom. The maximum Gasteiger partial charge on any atom is 0.340 e. The molecule has 0 spiro atoms. The Balaban J connectivity index is 2.98. The van der Waals surface area contributed by atoms with Crippen molar-refractivity contribution in [3.63, 3.8) is 0 Å². The minimum absolute atomic E-state index is 0.00435. The monoisotopic (exact) mass is 404 g/mol. The van der Waals surface area contributed by atoms with Crippen LogP contribution in [0, 0.1) is 0 Å². The molecule has 0 aliphatic rings. The Morgan fingerprint density at radius 1 is 1.43 bits per heavy atom. The van der Waals surface area contributed by atoms with Crippen molar-refractivity contribution in [3.05, 3.63) is 40.9 Å². The summed E-state index contributed by atoms with van der Waals surface area (Å²) >= 11 is 3.16. The lowest BCUT2D eigenvalue weighted by Gasteiger charge is -2.14. The summed E-state index contributed by atoms with van der Waals surface area (Å²) in [5, 5.41) is 2.50. The molecule has 0 unspecified atom stereocenters. The van der Waals surface area contributed by atoms with Gasteiger partial charge in [0.2, 0.25) is 10.0 Å². The molecule has 0 saturated carbocycles. The molecule has 0 bridgehead atoms. The van der Waals surface area contributed by atoms with E-state index < -0.39 is 28.0 Å². The number of ether oxygens (including phenoxy) is 1. The molecule has 0 aliphatic heterocycles. The van der Waals surface area contributed by atoms with Gasteiger partial charge < -0.3 is 10.1 Å². The van der Waals surface area contributed by atoms with Crippen LogP contribution in [0.4, 0.5) is 0 Å². The molecular weight excluding hydrogens is 388 g/mol. The number of amides is 1. The summed E-state index contributed by atoms with van der Waals surface area (Å²) in [5.74, 6) is -1.29. The fraction of sp³-hybridized carbons (Fsp3) is 0.286. The number of carbonyl (C=O) groups is 2. The smallest absolute Gasteiger partial charge is 0.340 e. The molecule has 0 aliphatic carbocycles. The summed E-state index contributed by atoms with van der Waals surface area (Å²) in [6.07, 6.45) is 0.466. The van der Waals surface area contributed by atoms with Crippen molar-refractivity contribution < 1.29 is 22.7 Å². The van der Waals surface area contributed by atoms with Gasteiger partial charge in [-0.05, 0) is 48.1 Å². The third-order valence-electron chi connectivity index (χ3n) is 2.81. The average molecular weight is 405 g/mol. The number of benzene rings is 1. The van der Waals surface area contributed by atoms with E-state index in [1.54, 1.807) is 0 Å². The molecule has 0 fully saturated rings. The van der Waals surface area contributed by atoms with Crippen molar-refractivity contribution in [1.29, 1.82) is 0 Å². The molecule has 23 heavy (non-hydrogen) atoms. The predicted molar refractivity (Wildman–Crippen MR) is 88.5 cm³/mol. The van der Waals surface area contributed by atoms with E-state index in [0.717, 1.165) is 0 Å². The fourth-order valence-electron chi connectivity index (χ4n) is 1.54. The molecule has 0 saturated heterocycles. The third kappa shape index (κ3) is 5.15. The molecule has 2 N–H and O–H groups in total. The van der Waals surface area contributed by atoms with Crippen LogP contribution in [-0.2, 0) is 19.6 Å². The SMILES string of the molecule is C=CCNC(=O)[C@H](C)OC(=O)c1cc(S(=O)(=O)NC)ccc1Br. The number of hydrogen-bond acceptors (Lipinski definition) is 5. The van der Waals surface area contributed by atoms with Gasteiger partial charge in [-0.25, -0.2) is 17.9 Å². The normalized spacial score (nSPS) is 12.3. The zero-order valence-corrected chi connectivity index (χ0v) is 15.0. The summed E-state index contributed by atoms with van der Waals surface area (Å²) in [6, 6.07) is 3.93. The maximum atomic E-state index is 12.2. The van der Waals surface area contributed by atoms with Gasteiger partial charge in [0.05, 0.1) is 10.5 Å². The van der Waals surface area contributed by atoms with Crippen LogP contribution < -0.4 is 10.0 Å². The molecule has 126 valence electrons. The Kier molecular flexibility index (Phi) is 6.92. The van der Waals surface area contributed by atoms with E-state index in [1.807, 2.05) is 0 Å². The van der Waals surface area contributed by atoms with Gasteiger partial charge in [0, 0.05) is 11.0 Å². The van der Waals surface area contributed by atoms with Crippen LogP contribution in [0.25, 0.3) is 0 Å². The second-order valence-electron chi connectivity index (χ2n) is 4.43. The molecule has 1 rings (SSSR count). The number of carbonyl (C=O) groups excluding carboxylic acids is 2. The summed E-state index contributed by atoms with van der Waals surface area (Å²) in [7, 11) is -2.43. The summed E-state index contributed by atoms with van der Waals surface area (Å²) in [6.45, 7) is 5.13. The summed E-state index contributed by atoms with van der Waals surface area (Å²) in [5.41, 5.74) is 0.00435. The van der Waals surface area contributed by atoms with Crippen molar-refractivity contribution in [1.82, 2.24) is 10.0 Å². The van der Waals surface area contributed by atoms with Crippen molar-refractivity contribution in [2.45, 2.75) is 17.9 Å². The lowest BCUT2D eigenvalue weighted by atomic mass is 10.2. The van der Waals surface area contributed by atoms with Crippen molar-refractivity contribution >= 4 is 37.8 Å². The largest absolute Gasteiger partial charge is 0.449 e. The first kappa shape index (κ1) is 19.3. The Hall–Kier alpha value is -1.71. The Bertz CT molecular complexity index is 718. The first-order valence-corrected chi connectivity index (χ1v) is 8.83. The Morgan fingerprint density at radius 3 is 2.65 bits per heavy atom. The number of rotatable bonds is 7. The molecule has 0 radical (unpaired) electrons. The van der Waals surface area contributed by atoms with Crippen LogP contribution in [0.1, 0.15) is 17.3 Å². The average Bonchev–Trinajstić information content (AvgIpc) is 2.52. The van der Waals surface area contributed by atoms with Crippen LogP contribution in [0.3, 0.4) is 0 Å². The van der Waals surface area contributed by atoms with Crippen LogP contribution in [0.5, 0.6) is 0 Å². The predicted octanol–water partition coefficient (Wildman–Crippen LogP) is 1.20. The standard InChI is InChI=1S/C14H17BrN2O5S/c1-4-7-17-13(18)9(2)22-14(19)11-8-10(5-6-12(11)15)23(20,21)16-3/h4-6,8-9,16H,1,7H2,2-3H3,(H,17,18)/t9-/m0/s1. The molecule has 1 atom stereocenters. The second-order valence-corrected chi connectivity index (χ2v) is 7.17. The molecule has 0 aromatic heterocycles. The first-order valence-electron chi connectivity index (χ1n) is 6.55. The third-order valence-corrected chi connectivity index (χ3v) is 4.91. The van der Waals surface area contributed by atoms with E-state index in [4.69, 9.17) is 4.74 Å². The van der Waals surface area contributed by atoms with Gasteiger partial charge >= 0.3 is 5.97 Å². The highest BCUT2D eigenvalue weighted by Crippen LogP contribution is 2.22. The van der Waals surface area contributed by atoms with Gasteiger partial charge in [-0.1, -0.05) is 6.08 Å². The van der Waals surface area contributed by atoms with Crippen molar-refractivity contribution in [2.24, 2.45) is 0 Å². The van der Waals surface area contributed by atoms with Crippen LogP contribution in [0.15, 0.2) is 40.2 Å². The summed E-state index contributed by atoms with van der Waals surface area (Å²) < 4.78 is 31.1. The van der Waals surface area contributed by atoms with Crippen LogP contribution >= 0.6 is 15.9 Å². The minimum Gasteiger partial charge on any atom is -0.449 e. The van der Waals surface area contributed by atoms with Gasteiger partial charge in [-0.2, -0.15) is 0 Å². The zero-order valence-electron chi connectivity index (χ0n) is 12.6. The molecule has 7 nitrogen and oxygen atoms in total. The fourth-order valence-corrected chi connectivity index (χ4v) is 2.70. The molecule has 1 aromatic rings. The maximum absolute atomic E-state index is 12.2. The quantitative estimate of drug-likeness (QED) is 0.525. The number of esters is 1. The number of sulfonamides is 1. The van der Waals surface area contributed by atoms with E-state index in [2.05, 4.69) is 32.5 Å². The molecule has 9 heteroatoms. The molecule has 0 heterocycles. The van der Waals surface area contributed by atoms with Crippen LogP contribution in [-0.4, -0.2) is 40.0 Å².